The standard InChI is InChI=1S/C16H26O4/c1-5-15(3,4)14(18)19-12-13(17)20-16(6-2)10-8-7-9-11-16/h6H,2,5,7-12H2,1,3-4H3. The smallest absolute Gasteiger partial charge is 0.345 e. The Morgan fingerprint density at radius 1 is 1.25 bits per heavy atom. The molecule has 0 aromatic carbocycles. The molecule has 1 fully saturated rings. The van der Waals surface area contributed by atoms with Crippen molar-refractivity contribution in [2.75, 3.05) is 6.61 Å². The van der Waals surface area contributed by atoms with Crippen LogP contribution in [0.15, 0.2) is 12.7 Å². The van der Waals surface area contributed by atoms with Gasteiger partial charge in [-0.1, -0.05) is 19.9 Å². The fraction of sp³-hybridized carbons (Fsp3) is 0.750. The quantitative estimate of drug-likeness (QED) is 0.553. The summed E-state index contributed by atoms with van der Waals surface area (Å²) >= 11 is 0. The van der Waals surface area contributed by atoms with Crippen molar-refractivity contribution < 1.29 is 19.1 Å². The molecular weight excluding hydrogens is 256 g/mol. The van der Waals surface area contributed by atoms with Crippen LogP contribution in [0.4, 0.5) is 0 Å². The predicted molar refractivity (Wildman–Crippen MR) is 77.1 cm³/mol. The van der Waals surface area contributed by atoms with Gasteiger partial charge in [0.1, 0.15) is 5.60 Å². The molecule has 1 aliphatic rings. The van der Waals surface area contributed by atoms with E-state index in [-0.39, 0.29) is 12.6 Å². The van der Waals surface area contributed by atoms with Crippen LogP contribution in [0.25, 0.3) is 0 Å². The van der Waals surface area contributed by atoms with Gasteiger partial charge in [-0.2, -0.15) is 0 Å². The maximum atomic E-state index is 11.8. The first-order chi connectivity index (χ1) is 9.35. The first-order valence-corrected chi connectivity index (χ1v) is 7.38. The van der Waals surface area contributed by atoms with E-state index in [1.165, 1.54) is 0 Å². The van der Waals surface area contributed by atoms with Crippen LogP contribution < -0.4 is 0 Å². The Labute approximate surface area is 121 Å². The van der Waals surface area contributed by atoms with Gasteiger partial charge in [-0.3, -0.25) is 4.79 Å². The largest absolute Gasteiger partial charge is 0.453 e. The molecule has 1 aliphatic carbocycles. The van der Waals surface area contributed by atoms with Gasteiger partial charge in [0.05, 0.1) is 5.41 Å². The third-order valence-electron chi connectivity index (χ3n) is 4.15. The number of carbonyl (C=O) groups is 2. The average molecular weight is 282 g/mol. The molecule has 0 N–H and O–H groups in total. The zero-order valence-corrected chi connectivity index (χ0v) is 12.9. The maximum Gasteiger partial charge on any atom is 0.345 e. The molecule has 0 unspecified atom stereocenters. The Hall–Kier alpha value is -1.32. The van der Waals surface area contributed by atoms with Gasteiger partial charge in [0.15, 0.2) is 6.61 Å². The molecule has 4 nitrogen and oxygen atoms in total. The summed E-state index contributed by atoms with van der Waals surface area (Å²) in [6.45, 7) is 8.96. The molecular formula is C16H26O4. The lowest BCUT2D eigenvalue weighted by Crippen LogP contribution is -2.37. The molecule has 114 valence electrons. The van der Waals surface area contributed by atoms with E-state index in [1.807, 2.05) is 6.92 Å². The summed E-state index contributed by atoms with van der Waals surface area (Å²) in [7, 11) is 0. The minimum Gasteiger partial charge on any atom is -0.453 e. The van der Waals surface area contributed by atoms with E-state index in [9.17, 15) is 9.59 Å². The summed E-state index contributed by atoms with van der Waals surface area (Å²) in [4.78, 5) is 23.6. The van der Waals surface area contributed by atoms with Gasteiger partial charge in [0.2, 0.25) is 0 Å². The Kier molecular flexibility index (Phi) is 5.78. The zero-order chi connectivity index (χ0) is 15.2. The van der Waals surface area contributed by atoms with Crippen molar-refractivity contribution in [3.05, 3.63) is 12.7 Å². The molecule has 0 amide bonds. The van der Waals surface area contributed by atoms with Crippen molar-refractivity contribution in [3.8, 4) is 0 Å². The first-order valence-electron chi connectivity index (χ1n) is 7.38. The second kappa shape index (κ2) is 6.91. The van der Waals surface area contributed by atoms with E-state index in [0.29, 0.717) is 6.42 Å². The summed E-state index contributed by atoms with van der Waals surface area (Å²) in [5.74, 6) is -0.861. The minimum atomic E-state index is -0.568. The first kappa shape index (κ1) is 16.7. The Morgan fingerprint density at radius 2 is 1.85 bits per heavy atom. The lowest BCUT2D eigenvalue weighted by molar-refractivity contribution is -0.172. The van der Waals surface area contributed by atoms with Crippen LogP contribution in [0, 0.1) is 5.41 Å². The van der Waals surface area contributed by atoms with Crippen LogP contribution in [0.5, 0.6) is 0 Å². The Bertz CT molecular complexity index is 365. The molecule has 0 heterocycles. The van der Waals surface area contributed by atoms with Crippen LogP contribution in [0.1, 0.15) is 59.3 Å². The van der Waals surface area contributed by atoms with E-state index >= 15 is 0 Å². The topological polar surface area (TPSA) is 52.6 Å². The number of esters is 2. The van der Waals surface area contributed by atoms with E-state index in [2.05, 4.69) is 6.58 Å². The van der Waals surface area contributed by atoms with Gasteiger partial charge in [-0.25, -0.2) is 4.79 Å². The van der Waals surface area contributed by atoms with Crippen LogP contribution >= 0.6 is 0 Å². The molecule has 0 saturated heterocycles. The second-order valence-corrected chi connectivity index (χ2v) is 6.12. The van der Waals surface area contributed by atoms with Crippen LogP contribution in [-0.4, -0.2) is 24.1 Å². The lowest BCUT2D eigenvalue weighted by atomic mass is 9.85. The predicted octanol–water partition coefficient (Wildman–Crippen LogP) is 3.40. The van der Waals surface area contributed by atoms with Gasteiger partial charge in [0, 0.05) is 0 Å². The highest BCUT2D eigenvalue weighted by molar-refractivity contribution is 5.80. The molecule has 0 aromatic heterocycles. The molecule has 0 atom stereocenters. The third-order valence-corrected chi connectivity index (χ3v) is 4.15. The highest BCUT2D eigenvalue weighted by Crippen LogP contribution is 2.32. The monoisotopic (exact) mass is 282 g/mol. The number of rotatable bonds is 6. The highest BCUT2D eigenvalue weighted by Gasteiger charge is 2.34. The highest BCUT2D eigenvalue weighted by atomic mass is 16.6. The van der Waals surface area contributed by atoms with E-state index in [1.54, 1.807) is 19.9 Å². The molecule has 1 rings (SSSR count). The average Bonchev–Trinajstić information content (AvgIpc) is 2.45. The van der Waals surface area contributed by atoms with Crippen LogP contribution in [0.3, 0.4) is 0 Å². The summed E-state index contributed by atoms with van der Waals surface area (Å²) in [5, 5.41) is 0. The number of hydrogen-bond donors (Lipinski definition) is 0. The van der Waals surface area contributed by atoms with Crippen molar-refractivity contribution >= 4 is 11.9 Å². The lowest BCUT2D eigenvalue weighted by Gasteiger charge is -2.33. The van der Waals surface area contributed by atoms with Crippen LogP contribution in [-0.2, 0) is 19.1 Å². The summed E-state index contributed by atoms with van der Waals surface area (Å²) in [6.07, 6.45) is 7.20. The number of carbonyl (C=O) groups excluding carboxylic acids is 2. The fourth-order valence-electron chi connectivity index (χ4n) is 2.22. The molecule has 0 spiro atoms. The summed E-state index contributed by atoms with van der Waals surface area (Å²) in [6, 6.07) is 0. The molecule has 0 bridgehead atoms. The van der Waals surface area contributed by atoms with Gasteiger partial charge in [0.25, 0.3) is 0 Å². The van der Waals surface area contributed by atoms with Crippen molar-refractivity contribution in [1.29, 1.82) is 0 Å². The van der Waals surface area contributed by atoms with Crippen molar-refractivity contribution in [2.45, 2.75) is 64.9 Å². The van der Waals surface area contributed by atoms with Gasteiger partial charge < -0.3 is 9.47 Å². The minimum absolute atomic E-state index is 0.322. The molecule has 0 aliphatic heterocycles. The van der Waals surface area contributed by atoms with E-state index < -0.39 is 17.0 Å². The van der Waals surface area contributed by atoms with Crippen molar-refractivity contribution in [1.82, 2.24) is 0 Å². The molecule has 4 heteroatoms. The Morgan fingerprint density at radius 3 is 2.35 bits per heavy atom. The maximum absolute atomic E-state index is 11.8. The summed E-state index contributed by atoms with van der Waals surface area (Å²) < 4.78 is 10.5. The van der Waals surface area contributed by atoms with Crippen molar-refractivity contribution in [2.24, 2.45) is 5.41 Å². The SMILES string of the molecule is C=CC1(OC(=O)COC(=O)C(C)(C)CC)CCCCC1. The zero-order valence-electron chi connectivity index (χ0n) is 12.9. The third kappa shape index (κ3) is 4.36. The Balaban J connectivity index is 2.47. The van der Waals surface area contributed by atoms with E-state index in [0.717, 1.165) is 32.1 Å². The molecule has 20 heavy (non-hydrogen) atoms. The second-order valence-electron chi connectivity index (χ2n) is 6.12. The van der Waals surface area contributed by atoms with Gasteiger partial charge in [-0.15, -0.1) is 0 Å². The number of ether oxygens (including phenoxy) is 2. The number of hydrogen-bond acceptors (Lipinski definition) is 4. The summed E-state index contributed by atoms with van der Waals surface area (Å²) in [5.41, 5.74) is -1.14. The van der Waals surface area contributed by atoms with Crippen molar-refractivity contribution in [3.63, 3.8) is 0 Å². The molecule has 1 saturated carbocycles. The normalized spacial score (nSPS) is 18.1. The van der Waals surface area contributed by atoms with E-state index in [4.69, 9.17) is 9.47 Å². The molecule has 0 aromatic rings. The van der Waals surface area contributed by atoms with Crippen LogP contribution in [0.2, 0.25) is 0 Å². The van der Waals surface area contributed by atoms with Gasteiger partial charge in [-0.05, 0) is 52.0 Å². The fourth-order valence-corrected chi connectivity index (χ4v) is 2.22. The molecule has 0 radical (unpaired) electrons. The van der Waals surface area contributed by atoms with Gasteiger partial charge >= 0.3 is 11.9 Å².